The van der Waals surface area contributed by atoms with Crippen LogP contribution in [0.4, 0.5) is 17.2 Å². The molecule has 0 radical (unpaired) electrons. The first-order chi connectivity index (χ1) is 12.5. The van der Waals surface area contributed by atoms with Crippen LogP contribution in [0.2, 0.25) is 0 Å². The highest BCUT2D eigenvalue weighted by Gasteiger charge is 2.05. The van der Waals surface area contributed by atoms with Gasteiger partial charge in [0.1, 0.15) is 5.82 Å². The molecule has 0 saturated carbocycles. The Morgan fingerprint density at radius 1 is 0.923 bits per heavy atom. The van der Waals surface area contributed by atoms with Gasteiger partial charge < -0.3 is 15.8 Å². The van der Waals surface area contributed by atoms with Gasteiger partial charge in [-0.05, 0) is 50.2 Å². The summed E-state index contributed by atoms with van der Waals surface area (Å²) in [5, 5.41) is 3.09. The average molecular weight is 351 g/mol. The zero-order valence-corrected chi connectivity index (χ0v) is 14.9. The molecule has 0 spiro atoms. The van der Waals surface area contributed by atoms with Gasteiger partial charge in [-0.3, -0.25) is 9.97 Å². The van der Waals surface area contributed by atoms with Crippen molar-refractivity contribution in [1.82, 2.24) is 15.0 Å². The minimum absolute atomic E-state index is 0.397. The van der Waals surface area contributed by atoms with Crippen LogP contribution < -0.4 is 11.1 Å². The van der Waals surface area contributed by atoms with E-state index in [1.54, 1.807) is 24.5 Å². The molecule has 3 rings (SSSR count). The molecule has 134 valence electrons. The normalized spacial score (nSPS) is 9.65. The Hall–Kier alpha value is -3.48. The van der Waals surface area contributed by atoms with Gasteiger partial charge in [0.05, 0.1) is 36.4 Å². The number of methoxy groups -OCH3 is 1. The molecule has 7 heteroatoms. The monoisotopic (exact) mass is 351 g/mol. The number of pyridine rings is 3. The summed E-state index contributed by atoms with van der Waals surface area (Å²) in [6.07, 6.45) is 4.84. The van der Waals surface area contributed by atoms with Gasteiger partial charge in [-0.2, -0.15) is 0 Å². The number of rotatable bonds is 3. The van der Waals surface area contributed by atoms with Gasteiger partial charge in [-0.1, -0.05) is 0 Å². The van der Waals surface area contributed by atoms with E-state index in [4.69, 9.17) is 5.73 Å². The first-order valence-electron chi connectivity index (χ1n) is 7.90. The Bertz CT molecular complexity index is 810. The molecule has 0 fully saturated rings. The maximum absolute atomic E-state index is 11.2. The number of nitrogens with one attached hydrogen (secondary N) is 1. The van der Waals surface area contributed by atoms with Crippen LogP contribution in [0.3, 0.4) is 0 Å². The standard InChI is InChI=1S/C13H13N3O2.C6H8N2/c1-9-3-5-11(8-14-9)16-12-6-4-10(7-15-12)13(17)18-2;1-5-2-3-6(7)4-8-5/h3-8H,1-2H3,(H,15,16);2-4H,7H2,1H3. The van der Waals surface area contributed by atoms with E-state index in [2.05, 4.69) is 25.0 Å². The third-order valence-corrected chi connectivity index (χ3v) is 3.30. The van der Waals surface area contributed by atoms with Crippen molar-refractivity contribution in [2.45, 2.75) is 13.8 Å². The van der Waals surface area contributed by atoms with Crippen LogP contribution in [0.5, 0.6) is 0 Å². The van der Waals surface area contributed by atoms with Crippen LogP contribution in [0.15, 0.2) is 55.0 Å². The number of hydrogen-bond donors (Lipinski definition) is 2. The van der Waals surface area contributed by atoms with Crippen LogP contribution in [-0.4, -0.2) is 28.0 Å². The highest BCUT2D eigenvalue weighted by atomic mass is 16.5. The quantitative estimate of drug-likeness (QED) is 0.698. The summed E-state index contributed by atoms with van der Waals surface area (Å²) in [6.45, 7) is 3.85. The number of aryl methyl sites for hydroxylation is 2. The Balaban J connectivity index is 0.000000254. The molecule has 0 bridgehead atoms. The van der Waals surface area contributed by atoms with Crippen molar-refractivity contribution < 1.29 is 9.53 Å². The lowest BCUT2D eigenvalue weighted by Gasteiger charge is -2.05. The third kappa shape index (κ3) is 5.86. The Labute approximate surface area is 152 Å². The van der Waals surface area contributed by atoms with Gasteiger partial charge in [0, 0.05) is 17.6 Å². The van der Waals surface area contributed by atoms with Gasteiger partial charge in [0.25, 0.3) is 0 Å². The minimum Gasteiger partial charge on any atom is -0.465 e. The molecule has 0 aliphatic carbocycles. The summed E-state index contributed by atoms with van der Waals surface area (Å²) in [7, 11) is 1.34. The van der Waals surface area contributed by atoms with Crippen LogP contribution in [-0.2, 0) is 4.74 Å². The van der Waals surface area contributed by atoms with Crippen molar-refractivity contribution in [2.75, 3.05) is 18.2 Å². The fourth-order valence-corrected chi connectivity index (χ4v) is 1.88. The zero-order chi connectivity index (χ0) is 18.9. The highest BCUT2D eigenvalue weighted by Crippen LogP contribution is 2.14. The van der Waals surface area contributed by atoms with Crippen molar-refractivity contribution in [3.63, 3.8) is 0 Å². The van der Waals surface area contributed by atoms with Crippen LogP contribution in [0.25, 0.3) is 0 Å². The molecule has 0 saturated heterocycles. The molecular weight excluding hydrogens is 330 g/mol. The zero-order valence-electron chi connectivity index (χ0n) is 14.9. The molecule has 0 aliphatic heterocycles. The second kappa shape index (κ2) is 9.12. The average Bonchev–Trinajstić information content (AvgIpc) is 2.66. The van der Waals surface area contributed by atoms with E-state index in [-0.39, 0.29) is 0 Å². The number of hydrogen-bond acceptors (Lipinski definition) is 7. The molecule has 3 N–H and O–H groups in total. The molecule has 26 heavy (non-hydrogen) atoms. The number of carbonyl (C=O) groups excluding carboxylic acids is 1. The van der Waals surface area contributed by atoms with Crippen molar-refractivity contribution >= 4 is 23.2 Å². The summed E-state index contributed by atoms with van der Waals surface area (Å²) in [4.78, 5) is 23.5. The molecule has 0 amide bonds. The number of ether oxygens (including phenoxy) is 1. The SMILES string of the molecule is COC(=O)c1ccc(Nc2ccc(C)nc2)nc1.Cc1ccc(N)cn1. The minimum atomic E-state index is -0.397. The predicted molar refractivity (Wildman–Crippen MR) is 101 cm³/mol. The molecular formula is C19H21N5O2. The number of nitrogen functional groups attached to an aromatic ring is 1. The number of nitrogens with zero attached hydrogens (tertiary/aromatic N) is 3. The molecule has 0 aromatic carbocycles. The lowest BCUT2D eigenvalue weighted by molar-refractivity contribution is 0.0600. The van der Waals surface area contributed by atoms with E-state index in [1.807, 2.05) is 38.1 Å². The Morgan fingerprint density at radius 2 is 1.62 bits per heavy atom. The van der Waals surface area contributed by atoms with E-state index in [1.165, 1.54) is 13.3 Å². The third-order valence-electron chi connectivity index (χ3n) is 3.30. The Kier molecular flexibility index (Phi) is 6.61. The molecule has 0 aliphatic rings. The van der Waals surface area contributed by atoms with Crippen molar-refractivity contribution in [2.24, 2.45) is 0 Å². The molecule has 0 unspecified atom stereocenters. The molecule has 7 nitrogen and oxygen atoms in total. The van der Waals surface area contributed by atoms with Crippen LogP contribution in [0, 0.1) is 13.8 Å². The Morgan fingerprint density at radius 3 is 2.08 bits per heavy atom. The molecule has 3 aromatic heterocycles. The summed E-state index contributed by atoms with van der Waals surface area (Å²) in [6, 6.07) is 10.9. The van der Waals surface area contributed by atoms with Crippen molar-refractivity contribution in [1.29, 1.82) is 0 Å². The first kappa shape index (κ1) is 18.9. The topological polar surface area (TPSA) is 103 Å². The van der Waals surface area contributed by atoms with Crippen LogP contribution >= 0.6 is 0 Å². The van der Waals surface area contributed by atoms with E-state index in [0.717, 1.165) is 22.8 Å². The van der Waals surface area contributed by atoms with E-state index in [0.29, 0.717) is 11.4 Å². The molecule has 3 aromatic rings. The van der Waals surface area contributed by atoms with E-state index < -0.39 is 5.97 Å². The first-order valence-corrected chi connectivity index (χ1v) is 7.90. The number of esters is 1. The highest BCUT2D eigenvalue weighted by molar-refractivity contribution is 5.89. The number of carbonyl (C=O) groups is 1. The van der Waals surface area contributed by atoms with Crippen molar-refractivity contribution in [3.05, 3.63) is 71.9 Å². The van der Waals surface area contributed by atoms with Crippen LogP contribution in [0.1, 0.15) is 21.7 Å². The number of nitrogens with two attached hydrogens (primary N) is 1. The van der Waals surface area contributed by atoms with Gasteiger partial charge in [0.15, 0.2) is 0 Å². The predicted octanol–water partition coefficient (Wildman–Crippen LogP) is 3.29. The van der Waals surface area contributed by atoms with Gasteiger partial charge >= 0.3 is 5.97 Å². The summed E-state index contributed by atoms with van der Waals surface area (Å²) >= 11 is 0. The second-order valence-electron chi connectivity index (χ2n) is 5.47. The summed E-state index contributed by atoms with van der Waals surface area (Å²) < 4.78 is 4.60. The fourth-order valence-electron chi connectivity index (χ4n) is 1.88. The molecule has 3 heterocycles. The smallest absolute Gasteiger partial charge is 0.339 e. The second-order valence-corrected chi connectivity index (χ2v) is 5.47. The maximum atomic E-state index is 11.2. The molecule has 0 atom stereocenters. The number of aromatic nitrogens is 3. The summed E-state index contributed by atoms with van der Waals surface area (Å²) in [5.74, 6) is 0.249. The lowest BCUT2D eigenvalue weighted by atomic mass is 10.3. The van der Waals surface area contributed by atoms with E-state index >= 15 is 0 Å². The van der Waals surface area contributed by atoms with Gasteiger partial charge in [-0.15, -0.1) is 0 Å². The van der Waals surface area contributed by atoms with E-state index in [9.17, 15) is 4.79 Å². The fraction of sp³-hybridized carbons (Fsp3) is 0.158. The largest absolute Gasteiger partial charge is 0.465 e. The van der Waals surface area contributed by atoms with Gasteiger partial charge in [-0.25, -0.2) is 9.78 Å². The summed E-state index contributed by atoms with van der Waals surface area (Å²) in [5.41, 5.74) is 9.30. The lowest BCUT2D eigenvalue weighted by Crippen LogP contribution is -2.02. The maximum Gasteiger partial charge on any atom is 0.339 e. The number of anilines is 3. The van der Waals surface area contributed by atoms with Gasteiger partial charge in [0.2, 0.25) is 0 Å². The van der Waals surface area contributed by atoms with Crippen molar-refractivity contribution in [3.8, 4) is 0 Å².